The zero-order valence-corrected chi connectivity index (χ0v) is 16.1. The number of carbonyl (C=O) groups is 1. The molecule has 0 spiro atoms. The van der Waals surface area contributed by atoms with Crippen LogP contribution in [0.25, 0.3) is 10.6 Å². The van der Waals surface area contributed by atoms with E-state index >= 15 is 0 Å². The van der Waals surface area contributed by atoms with Crippen molar-refractivity contribution in [1.29, 1.82) is 0 Å². The maximum Gasteiger partial charge on any atom is 0.266 e. The van der Waals surface area contributed by atoms with Gasteiger partial charge in [-0.1, -0.05) is 53.3 Å². The van der Waals surface area contributed by atoms with Crippen LogP contribution in [0.1, 0.15) is 23.6 Å². The summed E-state index contributed by atoms with van der Waals surface area (Å²) >= 11 is 1.34. The highest BCUT2D eigenvalue weighted by Gasteiger charge is 2.18. The number of benzene rings is 2. The van der Waals surface area contributed by atoms with Gasteiger partial charge in [0.2, 0.25) is 5.13 Å². The molecular weight excluding hydrogens is 346 g/mol. The monoisotopic (exact) mass is 367 g/mol. The molecule has 1 heterocycles. The van der Waals surface area contributed by atoms with Gasteiger partial charge in [0.1, 0.15) is 10.8 Å². The van der Waals surface area contributed by atoms with Crippen molar-refractivity contribution in [3.05, 3.63) is 59.2 Å². The molecule has 0 saturated carbocycles. The van der Waals surface area contributed by atoms with E-state index < -0.39 is 6.10 Å². The smallest absolute Gasteiger partial charge is 0.266 e. The molecule has 0 aliphatic heterocycles. The van der Waals surface area contributed by atoms with Gasteiger partial charge < -0.3 is 4.74 Å². The molecule has 0 aliphatic carbocycles. The van der Waals surface area contributed by atoms with Crippen LogP contribution in [0, 0.1) is 20.8 Å². The Bertz CT molecular complexity index is 919. The van der Waals surface area contributed by atoms with Crippen molar-refractivity contribution in [3.8, 4) is 16.3 Å². The Labute approximate surface area is 157 Å². The quantitative estimate of drug-likeness (QED) is 0.719. The van der Waals surface area contributed by atoms with Gasteiger partial charge in [0.25, 0.3) is 5.91 Å². The van der Waals surface area contributed by atoms with E-state index in [1.165, 1.54) is 16.9 Å². The summed E-state index contributed by atoms with van der Waals surface area (Å²) in [5.41, 5.74) is 4.25. The SMILES string of the molecule is Cc1ccc(-c2nnc(NC(=O)[C@H](C)Oc3cc(C)ccc3C)s2)cc1. The second kappa shape index (κ2) is 7.66. The summed E-state index contributed by atoms with van der Waals surface area (Å²) in [5, 5.41) is 12.2. The number of aromatic nitrogens is 2. The van der Waals surface area contributed by atoms with E-state index in [0.717, 1.165) is 21.7 Å². The number of nitrogens with zero attached hydrogens (tertiary/aromatic N) is 2. The largest absolute Gasteiger partial charge is 0.481 e. The number of nitrogens with one attached hydrogen (secondary N) is 1. The summed E-state index contributed by atoms with van der Waals surface area (Å²) in [6, 6.07) is 14.0. The van der Waals surface area contributed by atoms with E-state index in [1.54, 1.807) is 6.92 Å². The maximum atomic E-state index is 12.4. The molecule has 6 heteroatoms. The first kappa shape index (κ1) is 18.1. The summed E-state index contributed by atoms with van der Waals surface area (Å²) in [7, 11) is 0. The third-order valence-electron chi connectivity index (χ3n) is 3.97. The Morgan fingerprint density at radius 3 is 2.46 bits per heavy atom. The Balaban J connectivity index is 1.66. The molecular formula is C20H21N3O2S. The van der Waals surface area contributed by atoms with Crippen molar-refractivity contribution >= 4 is 22.4 Å². The minimum absolute atomic E-state index is 0.252. The Morgan fingerprint density at radius 2 is 1.73 bits per heavy atom. The molecule has 3 rings (SSSR count). The lowest BCUT2D eigenvalue weighted by Gasteiger charge is -2.15. The van der Waals surface area contributed by atoms with Gasteiger partial charge >= 0.3 is 0 Å². The third-order valence-corrected chi connectivity index (χ3v) is 4.86. The minimum Gasteiger partial charge on any atom is -0.481 e. The van der Waals surface area contributed by atoms with Crippen LogP contribution in [0.15, 0.2) is 42.5 Å². The van der Waals surface area contributed by atoms with Gasteiger partial charge in [0.05, 0.1) is 0 Å². The van der Waals surface area contributed by atoms with E-state index in [9.17, 15) is 4.79 Å². The second-order valence-corrected chi connectivity index (χ2v) is 7.27. The zero-order valence-electron chi connectivity index (χ0n) is 15.2. The molecule has 5 nitrogen and oxygen atoms in total. The van der Waals surface area contributed by atoms with Crippen LogP contribution in [-0.4, -0.2) is 22.2 Å². The molecule has 3 aromatic rings. The normalized spacial score (nSPS) is 11.8. The molecule has 0 unspecified atom stereocenters. The van der Waals surface area contributed by atoms with Crippen LogP contribution in [0.5, 0.6) is 5.75 Å². The average molecular weight is 367 g/mol. The van der Waals surface area contributed by atoms with Crippen LogP contribution in [-0.2, 0) is 4.79 Å². The number of hydrogen-bond acceptors (Lipinski definition) is 5. The van der Waals surface area contributed by atoms with Gasteiger partial charge in [-0.25, -0.2) is 0 Å². The van der Waals surface area contributed by atoms with Gasteiger partial charge in [-0.05, 0) is 44.9 Å². The van der Waals surface area contributed by atoms with Crippen LogP contribution < -0.4 is 10.1 Å². The highest BCUT2D eigenvalue weighted by Crippen LogP contribution is 2.27. The second-order valence-electron chi connectivity index (χ2n) is 6.30. The molecule has 134 valence electrons. The topological polar surface area (TPSA) is 64.1 Å². The van der Waals surface area contributed by atoms with Crippen LogP contribution in [0.4, 0.5) is 5.13 Å². The van der Waals surface area contributed by atoms with Crippen molar-refractivity contribution in [1.82, 2.24) is 10.2 Å². The Hall–Kier alpha value is -2.73. The predicted octanol–water partition coefficient (Wildman–Crippen LogP) is 4.54. The zero-order chi connectivity index (χ0) is 18.7. The molecule has 1 amide bonds. The number of amides is 1. The van der Waals surface area contributed by atoms with Gasteiger partial charge in [0.15, 0.2) is 6.10 Å². The van der Waals surface area contributed by atoms with E-state index in [1.807, 2.05) is 63.2 Å². The fourth-order valence-electron chi connectivity index (χ4n) is 2.37. The number of rotatable bonds is 5. The fraction of sp³-hybridized carbons (Fsp3) is 0.250. The highest BCUT2D eigenvalue weighted by molar-refractivity contribution is 7.18. The van der Waals surface area contributed by atoms with E-state index in [-0.39, 0.29) is 5.91 Å². The van der Waals surface area contributed by atoms with Crippen molar-refractivity contribution in [3.63, 3.8) is 0 Å². The number of anilines is 1. The summed E-state index contributed by atoms with van der Waals surface area (Å²) in [4.78, 5) is 12.4. The molecule has 0 saturated heterocycles. The van der Waals surface area contributed by atoms with Crippen LogP contribution >= 0.6 is 11.3 Å². The summed E-state index contributed by atoms with van der Waals surface area (Å²) in [6.45, 7) is 7.70. The highest BCUT2D eigenvalue weighted by atomic mass is 32.1. The molecule has 0 fully saturated rings. The van der Waals surface area contributed by atoms with Crippen LogP contribution in [0.2, 0.25) is 0 Å². The summed E-state index contributed by atoms with van der Waals surface area (Å²) in [6.07, 6.45) is -0.637. The summed E-state index contributed by atoms with van der Waals surface area (Å²) < 4.78 is 5.81. The lowest BCUT2D eigenvalue weighted by molar-refractivity contribution is -0.122. The Morgan fingerprint density at radius 1 is 1.04 bits per heavy atom. The van der Waals surface area contributed by atoms with Gasteiger partial charge in [0, 0.05) is 5.56 Å². The van der Waals surface area contributed by atoms with Crippen LogP contribution in [0.3, 0.4) is 0 Å². The fourth-order valence-corrected chi connectivity index (χ4v) is 3.12. The predicted molar refractivity (Wildman–Crippen MR) is 105 cm³/mol. The summed E-state index contributed by atoms with van der Waals surface area (Å²) in [5.74, 6) is 0.461. The number of aryl methyl sites for hydroxylation is 3. The van der Waals surface area contributed by atoms with Crippen molar-refractivity contribution in [2.45, 2.75) is 33.8 Å². The van der Waals surface area contributed by atoms with Gasteiger partial charge in [-0.15, -0.1) is 10.2 Å². The molecule has 0 radical (unpaired) electrons. The molecule has 0 bridgehead atoms. The van der Waals surface area contributed by atoms with Crippen molar-refractivity contribution in [2.75, 3.05) is 5.32 Å². The average Bonchev–Trinajstić information content (AvgIpc) is 3.07. The van der Waals surface area contributed by atoms with E-state index in [2.05, 4.69) is 15.5 Å². The maximum absolute atomic E-state index is 12.4. The molecule has 26 heavy (non-hydrogen) atoms. The first-order chi connectivity index (χ1) is 12.4. The van der Waals surface area contributed by atoms with Crippen molar-refractivity contribution in [2.24, 2.45) is 0 Å². The minimum atomic E-state index is -0.637. The van der Waals surface area contributed by atoms with Gasteiger partial charge in [-0.2, -0.15) is 0 Å². The lowest BCUT2D eigenvalue weighted by atomic mass is 10.1. The van der Waals surface area contributed by atoms with Crippen molar-refractivity contribution < 1.29 is 9.53 Å². The molecule has 0 aliphatic rings. The lowest BCUT2D eigenvalue weighted by Crippen LogP contribution is -2.30. The molecule has 1 N–H and O–H groups in total. The Kier molecular flexibility index (Phi) is 5.32. The first-order valence-corrected chi connectivity index (χ1v) is 9.19. The number of ether oxygens (including phenoxy) is 1. The number of hydrogen-bond donors (Lipinski definition) is 1. The third kappa shape index (κ3) is 4.26. The molecule has 1 atom stereocenters. The first-order valence-electron chi connectivity index (χ1n) is 8.37. The molecule has 1 aromatic heterocycles. The van der Waals surface area contributed by atoms with E-state index in [0.29, 0.717) is 10.9 Å². The van der Waals surface area contributed by atoms with Gasteiger partial charge in [-0.3, -0.25) is 10.1 Å². The number of carbonyl (C=O) groups excluding carboxylic acids is 1. The standard InChI is InChI=1S/C20H21N3O2S/c1-12-6-9-16(10-7-12)19-22-23-20(26-19)21-18(24)15(4)25-17-11-13(2)5-8-14(17)3/h5-11,15H,1-4H3,(H,21,23,24)/t15-/m0/s1. The molecule has 2 aromatic carbocycles. The van der Waals surface area contributed by atoms with E-state index in [4.69, 9.17) is 4.74 Å².